The highest BCUT2D eigenvalue weighted by atomic mass is 79.9. The van der Waals surface area contributed by atoms with Gasteiger partial charge in [-0.25, -0.2) is 4.39 Å². The zero-order chi connectivity index (χ0) is 30.8. The van der Waals surface area contributed by atoms with Gasteiger partial charge in [0.25, 0.3) is 5.91 Å². The number of amides is 2. The van der Waals surface area contributed by atoms with Crippen LogP contribution in [0.2, 0.25) is 0 Å². The molecule has 0 spiro atoms. The van der Waals surface area contributed by atoms with Crippen molar-refractivity contribution in [3.8, 4) is 11.5 Å². The third-order valence-electron chi connectivity index (χ3n) is 8.33. The van der Waals surface area contributed by atoms with Gasteiger partial charge in [-0.3, -0.25) is 9.59 Å². The molecule has 10 heteroatoms. The maximum atomic E-state index is 14.5. The van der Waals surface area contributed by atoms with E-state index in [1.54, 1.807) is 13.0 Å². The van der Waals surface area contributed by atoms with E-state index in [2.05, 4.69) is 43.2 Å². The summed E-state index contributed by atoms with van der Waals surface area (Å²) in [6.07, 6.45) is 2.63. The Bertz CT molecular complexity index is 1580. The summed E-state index contributed by atoms with van der Waals surface area (Å²) in [5.41, 5.74) is 3.82. The van der Waals surface area contributed by atoms with Crippen molar-refractivity contribution in [3.63, 3.8) is 0 Å². The number of carbonyl (C=O) groups excluding carboxylic acids is 2. The van der Waals surface area contributed by atoms with E-state index in [4.69, 9.17) is 9.47 Å². The minimum absolute atomic E-state index is 0.0271. The first-order chi connectivity index (χ1) is 21.3. The second kappa shape index (κ2) is 13.4. The predicted molar refractivity (Wildman–Crippen MR) is 174 cm³/mol. The summed E-state index contributed by atoms with van der Waals surface area (Å²) in [6.45, 7) is 3.74. The number of nitrogens with zero attached hydrogens (tertiary/aromatic N) is 2. The normalized spacial score (nSPS) is 19.5. The van der Waals surface area contributed by atoms with Crippen molar-refractivity contribution in [2.24, 2.45) is 0 Å². The van der Waals surface area contributed by atoms with Crippen LogP contribution in [-0.2, 0) is 16.1 Å². The standard InChI is InChI=1S/C34H34Br2FN3O4/c1-21(41)39-19-25-17-28(22-6-11-27(12-7-22)43-14-15-44-32-16-24(37)8-13-30(32)36)33(31(20-39)38-25)34(42)40(26-9-10-26)18-23-4-2-3-5-29(23)35/h2-8,11-13,16,25-26,31,38H,9-10,14-15,17-20H2,1H3. The van der Waals surface area contributed by atoms with E-state index in [0.717, 1.165) is 39.6 Å². The monoisotopic (exact) mass is 725 g/mol. The Hall–Kier alpha value is -3.21. The molecule has 3 aromatic rings. The van der Waals surface area contributed by atoms with Crippen LogP contribution in [0.3, 0.4) is 0 Å². The van der Waals surface area contributed by atoms with Crippen molar-refractivity contribution < 1.29 is 23.5 Å². The number of piperazine rings is 1. The molecule has 2 unspecified atom stereocenters. The van der Waals surface area contributed by atoms with Crippen LogP contribution in [0, 0.1) is 5.82 Å². The lowest BCUT2D eigenvalue weighted by molar-refractivity contribution is -0.132. The number of rotatable bonds is 10. The number of halogens is 3. The predicted octanol–water partition coefficient (Wildman–Crippen LogP) is 6.35. The lowest BCUT2D eigenvalue weighted by atomic mass is 9.82. The van der Waals surface area contributed by atoms with E-state index in [1.807, 2.05) is 52.3 Å². The molecule has 2 atom stereocenters. The Kier molecular flexibility index (Phi) is 9.40. The first-order valence-electron chi connectivity index (χ1n) is 14.9. The van der Waals surface area contributed by atoms with E-state index in [-0.39, 0.29) is 49.0 Å². The molecule has 3 aromatic carbocycles. The highest BCUT2D eigenvalue weighted by Crippen LogP contribution is 2.38. The van der Waals surface area contributed by atoms with Crippen molar-refractivity contribution in [2.75, 3.05) is 26.3 Å². The number of hydrogen-bond acceptors (Lipinski definition) is 5. The van der Waals surface area contributed by atoms with Gasteiger partial charge in [0.1, 0.15) is 30.5 Å². The van der Waals surface area contributed by atoms with E-state index >= 15 is 0 Å². The third-order valence-corrected chi connectivity index (χ3v) is 9.76. The van der Waals surface area contributed by atoms with Crippen LogP contribution in [0.5, 0.6) is 11.5 Å². The van der Waals surface area contributed by atoms with Gasteiger partial charge in [0.2, 0.25) is 5.91 Å². The molecule has 2 fully saturated rings. The summed E-state index contributed by atoms with van der Waals surface area (Å²) in [7, 11) is 0. The molecule has 2 amide bonds. The lowest BCUT2D eigenvalue weighted by Gasteiger charge is -2.44. The molecule has 0 radical (unpaired) electrons. The average Bonchev–Trinajstić information content (AvgIpc) is 3.85. The van der Waals surface area contributed by atoms with Crippen LogP contribution < -0.4 is 14.8 Å². The summed E-state index contributed by atoms with van der Waals surface area (Å²) in [6, 6.07) is 20.2. The van der Waals surface area contributed by atoms with Crippen molar-refractivity contribution in [2.45, 2.75) is 50.9 Å². The second-order valence-corrected chi connectivity index (χ2v) is 13.2. The Morgan fingerprint density at radius 1 is 0.977 bits per heavy atom. The highest BCUT2D eigenvalue weighted by Gasteiger charge is 2.43. The smallest absolute Gasteiger partial charge is 0.252 e. The molecule has 2 heterocycles. The quantitative estimate of drug-likeness (QED) is 0.247. The minimum Gasteiger partial charge on any atom is -0.490 e. The highest BCUT2D eigenvalue weighted by molar-refractivity contribution is 9.10. The fourth-order valence-corrected chi connectivity index (χ4v) is 6.76. The average molecular weight is 727 g/mol. The maximum absolute atomic E-state index is 14.5. The third kappa shape index (κ3) is 7.03. The van der Waals surface area contributed by atoms with Crippen molar-refractivity contribution >= 4 is 49.2 Å². The van der Waals surface area contributed by atoms with Gasteiger partial charge in [-0.2, -0.15) is 0 Å². The van der Waals surface area contributed by atoms with Gasteiger partial charge in [0.05, 0.1) is 10.5 Å². The van der Waals surface area contributed by atoms with E-state index < -0.39 is 0 Å². The number of fused-ring (bicyclic) bond motifs is 2. The molecule has 230 valence electrons. The summed E-state index contributed by atoms with van der Waals surface area (Å²) >= 11 is 7.02. The summed E-state index contributed by atoms with van der Waals surface area (Å²) in [4.78, 5) is 30.8. The van der Waals surface area contributed by atoms with Gasteiger partial charge in [0.15, 0.2) is 0 Å². The number of nitrogens with one attached hydrogen (secondary N) is 1. The molecule has 2 aliphatic heterocycles. The Morgan fingerprint density at radius 3 is 2.45 bits per heavy atom. The Morgan fingerprint density at radius 2 is 1.73 bits per heavy atom. The number of hydrogen-bond donors (Lipinski definition) is 1. The van der Waals surface area contributed by atoms with Gasteiger partial charge in [-0.05, 0) is 82.2 Å². The topological polar surface area (TPSA) is 71.1 Å². The molecule has 44 heavy (non-hydrogen) atoms. The zero-order valence-electron chi connectivity index (χ0n) is 24.4. The Balaban J connectivity index is 1.23. The van der Waals surface area contributed by atoms with Crippen LogP contribution in [0.1, 0.15) is 37.3 Å². The molecule has 0 aromatic heterocycles. The van der Waals surface area contributed by atoms with Crippen LogP contribution in [0.15, 0.2) is 81.2 Å². The fraction of sp³-hybridized carbons (Fsp3) is 0.353. The van der Waals surface area contributed by atoms with Gasteiger partial charge >= 0.3 is 0 Å². The van der Waals surface area contributed by atoms with E-state index in [1.165, 1.54) is 12.1 Å². The van der Waals surface area contributed by atoms with Crippen molar-refractivity contribution in [3.05, 3.63) is 98.2 Å². The zero-order valence-corrected chi connectivity index (χ0v) is 27.6. The van der Waals surface area contributed by atoms with Gasteiger partial charge in [-0.1, -0.05) is 46.3 Å². The molecular formula is C34H34Br2FN3O4. The van der Waals surface area contributed by atoms with E-state index in [9.17, 15) is 14.0 Å². The summed E-state index contributed by atoms with van der Waals surface area (Å²) in [5.74, 6) is 0.790. The number of carbonyl (C=O) groups is 2. The molecule has 2 bridgehead atoms. The number of benzene rings is 3. The van der Waals surface area contributed by atoms with Crippen LogP contribution >= 0.6 is 31.9 Å². The molecule has 1 saturated carbocycles. The SMILES string of the molecule is CC(=O)N1CC2CC(c3ccc(OCCOc4cc(F)ccc4Br)cc3)=C(C(=O)N(Cc3ccccc3Br)C3CC3)C(C1)N2. The molecule has 1 saturated heterocycles. The van der Waals surface area contributed by atoms with Crippen LogP contribution in [0.4, 0.5) is 4.39 Å². The summed E-state index contributed by atoms with van der Waals surface area (Å²) in [5, 5.41) is 3.65. The molecule has 6 rings (SSSR count). The summed E-state index contributed by atoms with van der Waals surface area (Å²) < 4.78 is 26.8. The van der Waals surface area contributed by atoms with Crippen molar-refractivity contribution in [1.29, 1.82) is 0 Å². The lowest BCUT2D eigenvalue weighted by Crippen LogP contribution is -2.61. The first-order valence-corrected chi connectivity index (χ1v) is 16.5. The molecule has 1 N–H and O–H groups in total. The molecular weight excluding hydrogens is 693 g/mol. The van der Waals surface area contributed by atoms with Crippen LogP contribution in [0.25, 0.3) is 5.57 Å². The molecule has 3 aliphatic rings. The van der Waals surface area contributed by atoms with Gasteiger partial charge in [-0.15, -0.1) is 0 Å². The molecule has 7 nitrogen and oxygen atoms in total. The van der Waals surface area contributed by atoms with Gasteiger partial charge < -0.3 is 24.6 Å². The number of ether oxygens (including phenoxy) is 2. The Labute approximate surface area is 273 Å². The largest absolute Gasteiger partial charge is 0.490 e. The van der Waals surface area contributed by atoms with Crippen LogP contribution in [-0.4, -0.2) is 66.0 Å². The second-order valence-electron chi connectivity index (χ2n) is 11.5. The fourth-order valence-electron chi connectivity index (χ4n) is 5.99. The van der Waals surface area contributed by atoms with E-state index in [0.29, 0.717) is 42.0 Å². The molecule has 1 aliphatic carbocycles. The maximum Gasteiger partial charge on any atom is 0.252 e. The van der Waals surface area contributed by atoms with Crippen molar-refractivity contribution in [1.82, 2.24) is 15.1 Å². The minimum atomic E-state index is -0.365. The first kappa shape index (κ1) is 30.8. The van der Waals surface area contributed by atoms with Gasteiger partial charge in [0, 0.05) is 54.8 Å².